The van der Waals surface area contributed by atoms with Crippen LogP contribution in [-0.4, -0.2) is 4.32 Å². The number of hydrogen-bond acceptors (Lipinski definition) is 2. The van der Waals surface area contributed by atoms with Crippen LogP contribution in [0.25, 0.3) is 0 Å². The first-order valence-corrected chi connectivity index (χ1v) is 4.87. The van der Waals surface area contributed by atoms with E-state index in [9.17, 15) is 0 Å². The molecule has 1 nitrogen and oxygen atoms in total. The molecule has 1 aromatic rings. The van der Waals surface area contributed by atoms with Crippen LogP contribution in [0.5, 0.6) is 0 Å². The summed E-state index contributed by atoms with van der Waals surface area (Å²) in [5.41, 5.74) is 7.97. The summed E-state index contributed by atoms with van der Waals surface area (Å²) in [6.07, 6.45) is 0. The van der Waals surface area contributed by atoms with Crippen molar-refractivity contribution < 1.29 is 0 Å². The van der Waals surface area contributed by atoms with Crippen molar-refractivity contribution in [1.82, 2.24) is 0 Å². The van der Waals surface area contributed by atoms with Crippen LogP contribution in [0.4, 0.5) is 0 Å². The quantitative estimate of drug-likeness (QED) is 0.553. The van der Waals surface area contributed by atoms with Crippen molar-refractivity contribution in [1.29, 1.82) is 0 Å². The SMILES string of the molecule is Cc1cccc(SC(N)=S)c1C. The van der Waals surface area contributed by atoms with Crippen LogP contribution < -0.4 is 5.73 Å². The fourth-order valence-electron chi connectivity index (χ4n) is 0.943. The van der Waals surface area contributed by atoms with Gasteiger partial charge in [0, 0.05) is 4.90 Å². The third-order valence-electron chi connectivity index (χ3n) is 1.77. The smallest absolute Gasteiger partial charge is 0.136 e. The van der Waals surface area contributed by atoms with Crippen LogP contribution >= 0.6 is 24.0 Å². The number of nitrogens with two attached hydrogens (primary N) is 1. The van der Waals surface area contributed by atoms with Crippen molar-refractivity contribution in [2.24, 2.45) is 5.73 Å². The van der Waals surface area contributed by atoms with Crippen LogP contribution in [0, 0.1) is 13.8 Å². The first-order valence-electron chi connectivity index (χ1n) is 3.65. The number of hydrogen-bond donors (Lipinski definition) is 1. The molecule has 0 bridgehead atoms. The van der Waals surface area contributed by atoms with Gasteiger partial charge >= 0.3 is 0 Å². The second kappa shape index (κ2) is 3.92. The highest BCUT2D eigenvalue weighted by molar-refractivity contribution is 8.23. The molecule has 12 heavy (non-hydrogen) atoms. The zero-order valence-corrected chi connectivity index (χ0v) is 8.76. The highest BCUT2D eigenvalue weighted by Gasteiger charge is 2.01. The van der Waals surface area contributed by atoms with Gasteiger partial charge in [0.15, 0.2) is 0 Å². The van der Waals surface area contributed by atoms with E-state index in [1.54, 1.807) is 0 Å². The molecular formula is C9H11NS2. The lowest BCUT2D eigenvalue weighted by Crippen LogP contribution is -2.01. The number of thioether (sulfide) groups is 1. The molecule has 0 unspecified atom stereocenters. The Bertz CT molecular complexity index is 307. The number of aryl methyl sites for hydroxylation is 1. The maximum atomic E-state index is 5.44. The minimum atomic E-state index is 0.476. The second-order valence-corrected chi connectivity index (χ2v) is 4.40. The fourth-order valence-corrected chi connectivity index (χ4v) is 1.89. The van der Waals surface area contributed by atoms with Gasteiger partial charge in [-0.1, -0.05) is 36.1 Å². The highest BCUT2D eigenvalue weighted by Crippen LogP contribution is 2.24. The van der Waals surface area contributed by atoms with E-state index in [0.717, 1.165) is 4.90 Å². The van der Waals surface area contributed by atoms with Gasteiger partial charge in [0.25, 0.3) is 0 Å². The molecule has 0 aliphatic rings. The molecule has 64 valence electrons. The lowest BCUT2D eigenvalue weighted by atomic mass is 10.1. The van der Waals surface area contributed by atoms with Gasteiger partial charge in [-0.25, -0.2) is 0 Å². The van der Waals surface area contributed by atoms with E-state index < -0.39 is 0 Å². The molecule has 0 saturated carbocycles. The number of thiocarbonyl (C=S) groups is 1. The molecule has 0 spiro atoms. The largest absolute Gasteiger partial charge is 0.384 e. The molecule has 0 aliphatic carbocycles. The summed E-state index contributed by atoms with van der Waals surface area (Å²) in [7, 11) is 0. The predicted octanol–water partition coefficient (Wildman–Crippen LogP) is 2.64. The summed E-state index contributed by atoms with van der Waals surface area (Å²) < 4.78 is 0.476. The van der Waals surface area contributed by atoms with Gasteiger partial charge in [0.1, 0.15) is 4.32 Å². The molecule has 1 aromatic carbocycles. The Morgan fingerprint density at radius 1 is 1.42 bits per heavy atom. The molecule has 0 aliphatic heterocycles. The van der Waals surface area contributed by atoms with Crippen molar-refractivity contribution in [3.63, 3.8) is 0 Å². The summed E-state index contributed by atoms with van der Waals surface area (Å²) in [4.78, 5) is 1.16. The van der Waals surface area contributed by atoms with Crippen molar-refractivity contribution in [3.8, 4) is 0 Å². The third-order valence-corrected chi connectivity index (χ3v) is 2.88. The van der Waals surface area contributed by atoms with Gasteiger partial charge in [0.05, 0.1) is 0 Å². The Hall–Kier alpha value is -0.540. The molecule has 0 atom stereocenters. The summed E-state index contributed by atoms with van der Waals surface area (Å²) in [5.74, 6) is 0. The zero-order valence-electron chi connectivity index (χ0n) is 7.13. The molecular weight excluding hydrogens is 186 g/mol. The Kier molecular flexibility index (Phi) is 3.12. The van der Waals surface area contributed by atoms with Crippen molar-refractivity contribution in [2.45, 2.75) is 18.7 Å². The molecule has 0 aromatic heterocycles. The van der Waals surface area contributed by atoms with Gasteiger partial charge in [0.2, 0.25) is 0 Å². The van der Waals surface area contributed by atoms with Gasteiger partial charge in [-0.2, -0.15) is 0 Å². The predicted molar refractivity (Wildman–Crippen MR) is 58.6 cm³/mol. The van der Waals surface area contributed by atoms with Gasteiger partial charge < -0.3 is 5.73 Å². The van der Waals surface area contributed by atoms with E-state index in [1.807, 2.05) is 12.1 Å². The van der Waals surface area contributed by atoms with E-state index >= 15 is 0 Å². The monoisotopic (exact) mass is 197 g/mol. The summed E-state index contributed by atoms with van der Waals surface area (Å²) in [6.45, 7) is 4.16. The standard InChI is InChI=1S/C9H11NS2/c1-6-4-3-5-8(7(6)2)12-9(10)11/h3-5H,1-2H3,(H2,10,11). The van der Waals surface area contributed by atoms with Crippen LogP contribution in [0.2, 0.25) is 0 Å². The third kappa shape index (κ3) is 2.22. The average Bonchev–Trinajstić information content (AvgIpc) is 1.98. The van der Waals surface area contributed by atoms with E-state index in [4.69, 9.17) is 18.0 Å². The molecule has 0 radical (unpaired) electrons. The maximum Gasteiger partial charge on any atom is 0.136 e. The zero-order chi connectivity index (χ0) is 9.14. The Balaban J connectivity index is 3.00. The fraction of sp³-hybridized carbons (Fsp3) is 0.222. The second-order valence-electron chi connectivity index (χ2n) is 2.62. The first kappa shape index (κ1) is 9.55. The topological polar surface area (TPSA) is 26.0 Å². The summed E-state index contributed by atoms with van der Waals surface area (Å²) >= 11 is 6.27. The minimum absolute atomic E-state index is 0.476. The molecule has 0 amide bonds. The Morgan fingerprint density at radius 2 is 2.08 bits per heavy atom. The number of rotatable bonds is 1. The Morgan fingerprint density at radius 3 is 2.67 bits per heavy atom. The Labute approximate surface area is 82.3 Å². The van der Waals surface area contributed by atoms with Crippen LogP contribution in [0.15, 0.2) is 23.1 Å². The van der Waals surface area contributed by atoms with E-state index in [0.29, 0.717) is 4.32 Å². The average molecular weight is 197 g/mol. The van der Waals surface area contributed by atoms with Crippen molar-refractivity contribution >= 4 is 28.3 Å². The van der Waals surface area contributed by atoms with Gasteiger partial charge in [-0.15, -0.1) is 0 Å². The summed E-state index contributed by atoms with van der Waals surface area (Å²) in [5, 5.41) is 0. The van der Waals surface area contributed by atoms with Crippen LogP contribution in [0.3, 0.4) is 0 Å². The maximum absolute atomic E-state index is 5.44. The van der Waals surface area contributed by atoms with Crippen LogP contribution in [0.1, 0.15) is 11.1 Å². The molecule has 2 N–H and O–H groups in total. The first-order chi connectivity index (χ1) is 5.61. The normalized spacial score (nSPS) is 9.83. The van der Waals surface area contributed by atoms with E-state index in [2.05, 4.69) is 19.9 Å². The summed E-state index contributed by atoms with van der Waals surface area (Å²) in [6, 6.07) is 6.13. The number of benzene rings is 1. The lowest BCUT2D eigenvalue weighted by molar-refractivity contribution is 1.23. The molecule has 0 heterocycles. The van der Waals surface area contributed by atoms with E-state index in [-0.39, 0.29) is 0 Å². The molecule has 0 fully saturated rings. The van der Waals surface area contributed by atoms with E-state index in [1.165, 1.54) is 22.9 Å². The van der Waals surface area contributed by atoms with Gasteiger partial charge in [-0.05, 0) is 31.0 Å². The highest BCUT2D eigenvalue weighted by atomic mass is 32.2. The minimum Gasteiger partial charge on any atom is -0.384 e. The van der Waals surface area contributed by atoms with Crippen molar-refractivity contribution in [2.75, 3.05) is 0 Å². The molecule has 0 saturated heterocycles. The molecule has 3 heteroatoms. The molecule has 1 rings (SSSR count). The van der Waals surface area contributed by atoms with Crippen molar-refractivity contribution in [3.05, 3.63) is 29.3 Å². The van der Waals surface area contributed by atoms with Gasteiger partial charge in [-0.3, -0.25) is 0 Å². The van der Waals surface area contributed by atoms with Crippen LogP contribution in [-0.2, 0) is 0 Å². The lowest BCUT2D eigenvalue weighted by Gasteiger charge is -2.05.